The minimum absolute atomic E-state index is 0.0355. The molecule has 0 radical (unpaired) electrons. The van der Waals surface area contributed by atoms with Crippen LogP contribution in [0, 0.1) is 0 Å². The average molecular weight is 431 g/mol. The van der Waals surface area contributed by atoms with Crippen molar-refractivity contribution < 1.29 is 9.53 Å². The van der Waals surface area contributed by atoms with Crippen molar-refractivity contribution in [2.45, 2.75) is 19.4 Å². The lowest BCUT2D eigenvalue weighted by atomic mass is 10.1. The number of carbonyl (C=O) groups excluding carboxylic acids is 1. The lowest BCUT2D eigenvalue weighted by Gasteiger charge is -2.26. The Morgan fingerprint density at radius 2 is 1.91 bits per heavy atom. The number of nitrogens with one attached hydrogen (secondary N) is 1. The highest BCUT2D eigenvalue weighted by Gasteiger charge is 2.21. The van der Waals surface area contributed by atoms with Gasteiger partial charge in [0.25, 0.3) is 5.56 Å². The van der Waals surface area contributed by atoms with Crippen LogP contribution in [-0.4, -0.2) is 53.2 Å². The molecule has 32 heavy (non-hydrogen) atoms. The maximum Gasteiger partial charge on any atom is 0.261 e. The number of aromatic nitrogens is 2. The van der Waals surface area contributed by atoms with E-state index in [1.165, 1.54) is 0 Å². The second-order valence-electron chi connectivity index (χ2n) is 8.21. The summed E-state index contributed by atoms with van der Waals surface area (Å²) in [7, 11) is 0. The summed E-state index contributed by atoms with van der Waals surface area (Å²) in [6.45, 7) is 4.51. The zero-order chi connectivity index (χ0) is 21.9. The molecule has 0 spiro atoms. The van der Waals surface area contributed by atoms with Gasteiger partial charge in [-0.1, -0.05) is 30.3 Å². The summed E-state index contributed by atoms with van der Waals surface area (Å²) in [6.07, 6.45) is 3.29. The fourth-order valence-corrected chi connectivity index (χ4v) is 4.29. The Balaban J connectivity index is 1.37. The molecule has 1 aromatic heterocycles. The van der Waals surface area contributed by atoms with Crippen LogP contribution in [0.25, 0.3) is 22.6 Å². The molecular weight excluding hydrogens is 404 g/mol. The van der Waals surface area contributed by atoms with Crippen LogP contribution < -0.4 is 10.9 Å². The highest BCUT2D eigenvalue weighted by atomic mass is 16.5. The first-order valence-electron chi connectivity index (χ1n) is 11.1. The summed E-state index contributed by atoms with van der Waals surface area (Å²) in [5.41, 5.74) is 3.37. The van der Waals surface area contributed by atoms with Crippen LogP contribution in [0.1, 0.15) is 24.2 Å². The monoisotopic (exact) mass is 430 g/mol. The van der Waals surface area contributed by atoms with Gasteiger partial charge in [-0.3, -0.25) is 19.1 Å². The molecule has 1 fully saturated rings. The first kappa shape index (κ1) is 20.6. The molecule has 5 rings (SSSR count). The fraction of sp³-hybridized carbons (Fsp3) is 0.320. The van der Waals surface area contributed by atoms with E-state index in [0.29, 0.717) is 41.9 Å². The molecule has 0 unspecified atom stereocenters. The fourth-order valence-electron chi connectivity index (χ4n) is 4.29. The van der Waals surface area contributed by atoms with Gasteiger partial charge in [0.15, 0.2) is 0 Å². The van der Waals surface area contributed by atoms with Gasteiger partial charge < -0.3 is 10.1 Å². The second-order valence-corrected chi connectivity index (χ2v) is 8.21. The van der Waals surface area contributed by atoms with E-state index in [-0.39, 0.29) is 11.5 Å². The molecule has 2 aliphatic rings. The van der Waals surface area contributed by atoms with Gasteiger partial charge in [0.1, 0.15) is 5.82 Å². The number of allylic oxidation sites excluding steroid dienone is 1. The van der Waals surface area contributed by atoms with Crippen molar-refractivity contribution in [3.63, 3.8) is 0 Å². The van der Waals surface area contributed by atoms with Crippen LogP contribution in [0.3, 0.4) is 0 Å². The molecule has 0 saturated carbocycles. The summed E-state index contributed by atoms with van der Waals surface area (Å²) < 4.78 is 7.09. The Hall–Kier alpha value is -3.29. The summed E-state index contributed by atoms with van der Waals surface area (Å²) in [5, 5.41) is 3.52. The number of amides is 1. The van der Waals surface area contributed by atoms with Crippen molar-refractivity contribution in [3.8, 4) is 0 Å². The Morgan fingerprint density at radius 3 is 2.72 bits per heavy atom. The Morgan fingerprint density at radius 1 is 1.09 bits per heavy atom. The zero-order valence-electron chi connectivity index (χ0n) is 17.9. The SMILES string of the molecule is O=C(CCN1CCOCC1)Nc1ccc2c(=O)n3c(nc2c1)C(=Cc1ccccc1)CC3. The Bertz CT molecular complexity index is 1230. The number of rotatable bonds is 5. The maximum absolute atomic E-state index is 13.0. The van der Waals surface area contributed by atoms with Crippen LogP contribution in [0.5, 0.6) is 0 Å². The lowest BCUT2D eigenvalue weighted by Crippen LogP contribution is -2.38. The van der Waals surface area contributed by atoms with Crippen LogP contribution in [0.4, 0.5) is 5.69 Å². The molecule has 7 nitrogen and oxygen atoms in total. The molecule has 0 atom stereocenters. The highest BCUT2D eigenvalue weighted by Crippen LogP contribution is 2.28. The topological polar surface area (TPSA) is 76.5 Å². The van der Waals surface area contributed by atoms with Crippen LogP contribution in [0.2, 0.25) is 0 Å². The number of ether oxygens (including phenoxy) is 1. The average Bonchev–Trinajstić information content (AvgIpc) is 3.22. The molecule has 3 aromatic rings. The number of hydrogen-bond acceptors (Lipinski definition) is 5. The standard InChI is InChI=1S/C25H26N4O3/c30-23(9-10-28-12-14-32-15-13-28)26-20-6-7-21-22(17-20)27-24-19(8-11-29(24)25(21)31)16-18-4-2-1-3-5-18/h1-7,16-17H,8-15H2,(H,26,30). The normalized spacial score (nSPS) is 17.6. The summed E-state index contributed by atoms with van der Waals surface area (Å²) in [5.74, 6) is 0.667. The molecule has 2 aromatic carbocycles. The third kappa shape index (κ3) is 4.35. The van der Waals surface area contributed by atoms with Crippen LogP contribution in [0.15, 0.2) is 53.3 Å². The highest BCUT2D eigenvalue weighted by molar-refractivity contribution is 5.94. The van der Waals surface area contributed by atoms with Crippen molar-refractivity contribution in [1.29, 1.82) is 0 Å². The van der Waals surface area contributed by atoms with E-state index >= 15 is 0 Å². The minimum Gasteiger partial charge on any atom is -0.379 e. The summed E-state index contributed by atoms with van der Waals surface area (Å²) in [6, 6.07) is 15.4. The van der Waals surface area contributed by atoms with Crippen LogP contribution >= 0.6 is 0 Å². The van der Waals surface area contributed by atoms with Crippen LogP contribution in [-0.2, 0) is 16.1 Å². The Kier molecular flexibility index (Phi) is 5.83. The Labute approximate surface area is 186 Å². The number of morpholine rings is 1. The molecule has 1 saturated heterocycles. The van der Waals surface area contributed by atoms with Gasteiger partial charge in [-0.05, 0) is 41.8 Å². The molecule has 7 heteroatoms. The van der Waals surface area contributed by atoms with Crippen molar-refractivity contribution in [2.75, 3.05) is 38.2 Å². The smallest absolute Gasteiger partial charge is 0.261 e. The predicted octanol–water partition coefficient (Wildman–Crippen LogP) is 3.00. The summed E-state index contributed by atoms with van der Waals surface area (Å²) in [4.78, 5) is 32.5. The second kappa shape index (κ2) is 9.06. The van der Waals surface area contributed by atoms with E-state index in [1.54, 1.807) is 22.8 Å². The van der Waals surface area contributed by atoms with E-state index < -0.39 is 0 Å². The predicted molar refractivity (Wildman–Crippen MR) is 125 cm³/mol. The number of carbonyl (C=O) groups is 1. The molecular formula is C25H26N4O3. The van der Waals surface area contributed by atoms with Crippen molar-refractivity contribution in [3.05, 3.63) is 70.3 Å². The molecule has 3 heterocycles. The van der Waals surface area contributed by atoms with E-state index in [1.807, 2.05) is 30.3 Å². The quantitative estimate of drug-likeness (QED) is 0.674. The first-order chi connectivity index (χ1) is 15.7. The molecule has 0 bridgehead atoms. The number of nitrogens with zero attached hydrogens (tertiary/aromatic N) is 3. The van der Waals surface area contributed by atoms with Gasteiger partial charge in [-0.25, -0.2) is 4.98 Å². The number of fused-ring (bicyclic) bond motifs is 2. The number of anilines is 1. The number of hydrogen-bond donors (Lipinski definition) is 1. The van der Waals surface area contributed by atoms with Gasteiger partial charge >= 0.3 is 0 Å². The molecule has 0 aliphatic carbocycles. The lowest BCUT2D eigenvalue weighted by molar-refractivity contribution is -0.116. The van der Waals surface area contributed by atoms with E-state index in [2.05, 4.69) is 16.3 Å². The summed E-state index contributed by atoms with van der Waals surface area (Å²) >= 11 is 0. The van der Waals surface area contributed by atoms with Crippen molar-refractivity contribution in [2.24, 2.45) is 0 Å². The van der Waals surface area contributed by atoms with E-state index in [4.69, 9.17) is 9.72 Å². The molecule has 2 aliphatic heterocycles. The van der Waals surface area contributed by atoms with Crippen molar-refractivity contribution >= 4 is 34.1 Å². The minimum atomic E-state index is -0.0432. The molecule has 1 amide bonds. The molecule has 164 valence electrons. The maximum atomic E-state index is 13.0. The van der Waals surface area contributed by atoms with E-state index in [9.17, 15) is 9.59 Å². The third-order valence-corrected chi connectivity index (χ3v) is 6.03. The van der Waals surface area contributed by atoms with Crippen molar-refractivity contribution in [1.82, 2.24) is 14.5 Å². The van der Waals surface area contributed by atoms with Gasteiger partial charge in [0.2, 0.25) is 5.91 Å². The third-order valence-electron chi connectivity index (χ3n) is 6.03. The van der Waals surface area contributed by atoms with Gasteiger partial charge in [-0.2, -0.15) is 0 Å². The first-order valence-corrected chi connectivity index (χ1v) is 11.1. The van der Waals surface area contributed by atoms with Gasteiger partial charge in [0.05, 0.1) is 24.1 Å². The zero-order valence-corrected chi connectivity index (χ0v) is 17.9. The van der Waals surface area contributed by atoms with Gasteiger partial charge in [-0.15, -0.1) is 0 Å². The van der Waals surface area contributed by atoms with E-state index in [0.717, 1.165) is 43.9 Å². The molecule has 1 N–H and O–H groups in total. The van der Waals surface area contributed by atoms with Gasteiger partial charge in [0, 0.05) is 38.3 Å². The largest absolute Gasteiger partial charge is 0.379 e. The number of benzene rings is 2.